The van der Waals surface area contributed by atoms with Crippen molar-refractivity contribution in [1.29, 1.82) is 0 Å². The zero-order valence-electron chi connectivity index (χ0n) is 11.3. The monoisotopic (exact) mass is 256 g/mol. The van der Waals surface area contributed by atoms with Gasteiger partial charge in [-0.15, -0.1) is 0 Å². The fraction of sp³-hybridized carbons (Fsp3) is 1.00. The number of hydrogen-bond donors (Lipinski definition) is 2. The molecule has 0 unspecified atom stereocenters. The lowest BCUT2D eigenvalue weighted by molar-refractivity contribution is -0.256. The Bertz CT molecular complexity index is 335. The molecule has 2 saturated carbocycles. The smallest absolute Gasteiger partial charge is 0.168 e. The first-order valence-corrected chi connectivity index (χ1v) is 7.06. The molecule has 1 saturated heterocycles. The van der Waals surface area contributed by atoms with Gasteiger partial charge in [0.05, 0.1) is 24.9 Å². The maximum Gasteiger partial charge on any atom is 0.168 e. The Balaban J connectivity index is 1.90. The van der Waals surface area contributed by atoms with Crippen LogP contribution < -0.4 is 0 Å². The minimum atomic E-state index is -0.725. The van der Waals surface area contributed by atoms with Crippen LogP contribution in [-0.4, -0.2) is 40.9 Å². The van der Waals surface area contributed by atoms with E-state index in [0.717, 1.165) is 12.8 Å². The van der Waals surface area contributed by atoms with E-state index in [2.05, 4.69) is 6.92 Å². The molecule has 3 rings (SSSR count). The molecule has 0 amide bonds. The van der Waals surface area contributed by atoms with Crippen LogP contribution in [0.2, 0.25) is 0 Å². The predicted octanol–water partition coefficient (Wildman–Crippen LogP) is 1.44. The second-order valence-electron chi connectivity index (χ2n) is 6.78. The number of rotatable bonds is 0. The fourth-order valence-corrected chi connectivity index (χ4v) is 4.30. The van der Waals surface area contributed by atoms with E-state index in [1.807, 2.05) is 6.92 Å². The lowest BCUT2D eigenvalue weighted by Crippen LogP contribution is -2.60. The van der Waals surface area contributed by atoms with Crippen LogP contribution in [0.3, 0.4) is 0 Å². The third-order valence-electron chi connectivity index (χ3n) is 5.61. The summed E-state index contributed by atoms with van der Waals surface area (Å²) >= 11 is 0. The van der Waals surface area contributed by atoms with E-state index in [-0.39, 0.29) is 17.4 Å². The van der Waals surface area contributed by atoms with E-state index >= 15 is 0 Å². The second kappa shape index (κ2) is 3.92. The van der Waals surface area contributed by atoms with Gasteiger partial charge < -0.3 is 19.7 Å². The molecule has 4 nitrogen and oxygen atoms in total. The normalized spacial score (nSPS) is 51.3. The van der Waals surface area contributed by atoms with Gasteiger partial charge in [-0.05, 0) is 31.6 Å². The van der Waals surface area contributed by atoms with Crippen LogP contribution in [0, 0.1) is 11.3 Å². The largest absolute Gasteiger partial charge is 0.393 e. The Kier molecular flexibility index (Phi) is 2.80. The summed E-state index contributed by atoms with van der Waals surface area (Å²) in [5.74, 6) is -0.453. The maximum atomic E-state index is 10.7. The number of hydrogen-bond acceptors (Lipinski definition) is 4. The van der Waals surface area contributed by atoms with Crippen molar-refractivity contribution in [1.82, 2.24) is 0 Å². The highest BCUT2D eigenvalue weighted by molar-refractivity contribution is 5.07. The fourth-order valence-electron chi connectivity index (χ4n) is 4.30. The second-order valence-corrected chi connectivity index (χ2v) is 6.78. The van der Waals surface area contributed by atoms with Crippen molar-refractivity contribution in [3.63, 3.8) is 0 Å². The van der Waals surface area contributed by atoms with Crippen molar-refractivity contribution < 1.29 is 19.7 Å². The molecule has 3 aliphatic rings. The van der Waals surface area contributed by atoms with Crippen molar-refractivity contribution in [3.05, 3.63) is 0 Å². The lowest BCUT2D eigenvalue weighted by atomic mass is 9.53. The van der Waals surface area contributed by atoms with Gasteiger partial charge in [-0.2, -0.15) is 0 Å². The first-order chi connectivity index (χ1) is 8.38. The number of ether oxygens (including phenoxy) is 2. The molecule has 1 heterocycles. The Morgan fingerprint density at radius 1 is 1.06 bits per heavy atom. The molecule has 1 spiro atoms. The topological polar surface area (TPSA) is 58.9 Å². The average molecular weight is 256 g/mol. The molecular formula is C14H24O4. The van der Waals surface area contributed by atoms with Gasteiger partial charge in [0.25, 0.3) is 0 Å². The summed E-state index contributed by atoms with van der Waals surface area (Å²) in [6, 6.07) is 0. The summed E-state index contributed by atoms with van der Waals surface area (Å²) in [6.07, 6.45) is 3.41. The van der Waals surface area contributed by atoms with Crippen LogP contribution in [0.5, 0.6) is 0 Å². The molecule has 4 atom stereocenters. The van der Waals surface area contributed by atoms with Gasteiger partial charge in [0.1, 0.15) is 0 Å². The highest BCUT2D eigenvalue weighted by atomic mass is 16.7. The summed E-state index contributed by atoms with van der Waals surface area (Å²) in [7, 11) is 0. The van der Waals surface area contributed by atoms with Crippen LogP contribution in [0.25, 0.3) is 0 Å². The third-order valence-corrected chi connectivity index (χ3v) is 5.61. The minimum absolute atomic E-state index is 0.0422. The Hall–Kier alpha value is -0.160. The van der Waals surface area contributed by atoms with Gasteiger partial charge in [0, 0.05) is 18.8 Å². The lowest BCUT2D eigenvalue weighted by Gasteiger charge is -2.57. The van der Waals surface area contributed by atoms with Gasteiger partial charge in [-0.25, -0.2) is 0 Å². The summed E-state index contributed by atoms with van der Waals surface area (Å²) < 4.78 is 11.6. The third kappa shape index (κ3) is 1.73. The molecule has 3 fully saturated rings. The molecule has 2 N–H and O–H groups in total. The van der Waals surface area contributed by atoms with Crippen molar-refractivity contribution in [2.45, 2.75) is 63.4 Å². The van der Waals surface area contributed by atoms with Gasteiger partial charge >= 0.3 is 0 Å². The molecule has 2 aliphatic carbocycles. The first kappa shape index (κ1) is 12.9. The quantitative estimate of drug-likeness (QED) is 0.688. The van der Waals surface area contributed by atoms with Crippen LogP contribution >= 0.6 is 0 Å². The van der Waals surface area contributed by atoms with E-state index < -0.39 is 11.4 Å². The first-order valence-electron chi connectivity index (χ1n) is 7.06. The predicted molar refractivity (Wildman–Crippen MR) is 65.9 cm³/mol. The Morgan fingerprint density at radius 3 is 2.39 bits per heavy atom. The number of fused-ring (bicyclic) bond motifs is 1. The molecule has 0 aromatic rings. The van der Waals surface area contributed by atoms with E-state index in [1.54, 1.807) is 0 Å². The number of aliphatic hydroxyl groups excluding tert-OH is 1. The maximum absolute atomic E-state index is 10.7. The number of aliphatic hydroxyl groups is 2. The Labute approximate surface area is 108 Å². The van der Waals surface area contributed by atoms with Crippen LogP contribution in [0.1, 0.15) is 46.0 Å². The molecule has 1 aliphatic heterocycles. The standard InChI is InChI=1S/C14H24O4/c1-12-5-6-14(17-7-8-18-14)9-10(12)13(2,16)4-3-11(12)15/h10-11,15-16H,3-9H2,1-2H3/t10-,11-,12-,13-/m1/s1. The molecule has 0 radical (unpaired) electrons. The SMILES string of the molecule is C[C@@]12CCC3(C[C@H]1[C@](C)(O)CC[C@H]2O)OCCO3. The van der Waals surface area contributed by atoms with Gasteiger partial charge in [0.15, 0.2) is 5.79 Å². The Morgan fingerprint density at radius 2 is 1.72 bits per heavy atom. The van der Waals surface area contributed by atoms with Gasteiger partial charge in [-0.3, -0.25) is 0 Å². The minimum Gasteiger partial charge on any atom is -0.393 e. The van der Waals surface area contributed by atoms with Gasteiger partial charge in [0.2, 0.25) is 0 Å². The molecule has 4 heteroatoms. The molecule has 0 bridgehead atoms. The highest BCUT2D eigenvalue weighted by Crippen LogP contribution is 2.57. The van der Waals surface area contributed by atoms with Gasteiger partial charge in [-0.1, -0.05) is 6.92 Å². The van der Waals surface area contributed by atoms with Crippen molar-refractivity contribution in [3.8, 4) is 0 Å². The van der Waals surface area contributed by atoms with Crippen molar-refractivity contribution in [2.75, 3.05) is 13.2 Å². The molecule has 104 valence electrons. The van der Waals surface area contributed by atoms with Crippen molar-refractivity contribution >= 4 is 0 Å². The molecule has 0 aromatic carbocycles. The van der Waals surface area contributed by atoms with Crippen molar-refractivity contribution in [2.24, 2.45) is 11.3 Å². The molecule has 0 aromatic heterocycles. The molecule has 18 heavy (non-hydrogen) atoms. The van der Waals surface area contributed by atoms with Crippen LogP contribution in [0.4, 0.5) is 0 Å². The van der Waals surface area contributed by atoms with Crippen LogP contribution in [-0.2, 0) is 9.47 Å². The summed E-state index contributed by atoms with van der Waals surface area (Å²) in [4.78, 5) is 0. The van der Waals surface area contributed by atoms with E-state index in [9.17, 15) is 10.2 Å². The summed E-state index contributed by atoms with van der Waals surface area (Å²) in [6.45, 7) is 5.30. The van der Waals surface area contributed by atoms with Crippen LogP contribution in [0.15, 0.2) is 0 Å². The average Bonchev–Trinajstić information content (AvgIpc) is 2.77. The molecular weight excluding hydrogens is 232 g/mol. The summed E-state index contributed by atoms with van der Waals surface area (Å²) in [5, 5.41) is 21.0. The zero-order chi connectivity index (χ0) is 13.0. The summed E-state index contributed by atoms with van der Waals surface area (Å²) in [5.41, 5.74) is -0.932. The zero-order valence-corrected chi connectivity index (χ0v) is 11.3. The van der Waals surface area contributed by atoms with E-state index in [4.69, 9.17) is 9.47 Å². The van der Waals surface area contributed by atoms with E-state index in [0.29, 0.717) is 32.5 Å². The van der Waals surface area contributed by atoms with E-state index in [1.165, 1.54) is 0 Å². The highest BCUT2D eigenvalue weighted by Gasteiger charge is 2.59.